The second-order valence-corrected chi connectivity index (χ2v) is 10.2. The summed E-state index contributed by atoms with van der Waals surface area (Å²) in [5, 5.41) is 1.65. The van der Waals surface area contributed by atoms with E-state index < -0.39 is 5.60 Å². The molecular weight excluding hydrogens is 442 g/mol. The van der Waals surface area contributed by atoms with Crippen molar-refractivity contribution in [3.05, 3.63) is 40.0 Å². The topological polar surface area (TPSA) is 72.0 Å². The average molecular weight is 474 g/mol. The van der Waals surface area contributed by atoms with E-state index in [2.05, 4.69) is 0 Å². The van der Waals surface area contributed by atoms with E-state index in [1.165, 1.54) is 0 Å². The fraction of sp³-hybridized carbons (Fsp3) is 0.560. The van der Waals surface area contributed by atoms with Crippen molar-refractivity contribution in [1.82, 2.24) is 14.8 Å². The van der Waals surface area contributed by atoms with Crippen molar-refractivity contribution in [3.63, 3.8) is 0 Å². The van der Waals surface area contributed by atoms with Crippen LogP contribution in [0, 0.1) is 0 Å². The normalized spacial score (nSPS) is 18.9. The summed E-state index contributed by atoms with van der Waals surface area (Å²) < 4.78 is 10.9. The van der Waals surface area contributed by atoms with Gasteiger partial charge in [0.1, 0.15) is 5.60 Å². The molecule has 0 bridgehead atoms. The van der Waals surface area contributed by atoms with Crippen LogP contribution in [0.4, 0.5) is 4.79 Å². The smallest absolute Gasteiger partial charge is 0.410 e. The van der Waals surface area contributed by atoms with Crippen LogP contribution >= 0.6 is 11.6 Å². The molecule has 1 aliphatic heterocycles. The minimum atomic E-state index is -0.583. The monoisotopic (exact) mass is 473 g/mol. The Morgan fingerprint density at radius 3 is 2.67 bits per heavy atom. The molecule has 1 saturated heterocycles. The van der Waals surface area contributed by atoms with Gasteiger partial charge in [0.2, 0.25) is 0 Å². The van der Waals surface area contributed by atoms with Crippen molar-refractivity contribution in [3.8, 4) is 0 Å². The lowest BCUT2D eigenvalue weighted by atomic mass is 9.94. The van der Waals surface area contributed by atoms with Gasteiger partial charge in [-0.3, -0.25) is 14.7 Å². The lowest BCUT2D eigenvalue weighted by Crippen LogP contribution is -2.58. The number of nitrogens with zero attached hydrogens (tertiary/aromatic N) is 3. The summed E-state index contributed by atoms with van der Waals surface area (Å²) in [5.41, 5.74) is 2.95. The molecule has 1 aromatic heterocycles. The average Bonchev–Trinajstić information content (AvgIpc) is 2.77. The summed E-state index contributed by atoms with van der Waals surface area (Å²) in [6, 6.07) is 5.28. The van der Waals surface area contributed by atoms with E-state index in [1.54, 1.807) is 16.9 Å². The van der Waals surface area contributed by atoms with Gasteiger partial charge in [-0.2, -0.15) is 0 Å². The summed E-state index contributed by atoms with van der Waals surface area (Å²) in [4.78, 5) is 34.3. The van der Waals surface area contributed by atoms with Crippen molar-refractivity contribution < 1.29 is 19.1 Å². The van der Waals surface area contributed by atoms with Crippen LogP contribution in [-0.4, -0.2) is 71.8 Å². The molecule has 1 unspecified atom stereocenters. The van der Waals surface area contributed by atoms with Crippen LogP contribution in [0.3, 0.4) is 0 Å². The Kier molecular flexibility index (Phi) is 6.82. The highest BCUT2D eigenvalue weighted by Crippen LogP contribution is 2.33. The second-order valence-electron chi connectivity index (χ2n) is 9.82. The van der Waals surface area contributed by atoms with Crippen LogP contribution in [0.1, 0.15) is 55.2 Å². The molecule has 33 heavy (non-hydrogen) atoms. The molecule has 0 spiro atoms. The number of carbonyl (C=O) groups is 2. The SMILES string of the molecule is COCC1CN(C(=O)c2ccc3c(Cl)c4c(nc3c2)CCCC4)CCN1C(=O)OC(C)(C)C. The quantitative estimate of drug-likeness (QED) is 0.657. The van der Waals surface area contributed by atoms with Crippen molar-refractivity contribution >= 4 is 34.5 Å². The number of rotatable bonds is 3. The van der Waals surface area contributed by atoms with Crippen LogP contribution in [-0.2, 0) is 22.3 Å². The zero-order valence-corrected chi connectivity index (χ0v) is 20.6. The predicted octanol–water partition coefficient (Wildman–Crippen LogP) is 4.47. The van der Waals surface area contributed by atoms with Crippen molar-refractivity contribution in [2.45, 2.75) is 58.1 Å². The van der Waals surface area contributed by atoms with Crippen molar-refractivity contribution in [1.29, 1.82) is 0 Å². The Morgan fingerprint density at radius 2 is 1.94 bits per heavy atom. The van der Waals surface area contributed by atoms with Crippen LogP contribution in [0.15, 0.2) is 18.2 Å². The van der Waals surface area contributed by atoms with Gasteiger partial charge in [0.15, 0.2) is 0 Å². The van der Waals surface area contributed by atoms with Gasteiger partial charge in [0.05, 0.1) is 23.2 Å². The standard InChI is InChI=1S/C25H32ClN3O4/c1-25(2,3)33-24(31)29-12-11-28(14-17(29)15-32-4)23(30)16-9-10-19-21(13-16)27-20-8-6-5-7-18(20)22(19)26/h9-10,13,17H,5-8,11-12,14-15H2,1-4H3. The molecule has 7 nitrogen and oxygen atoms in total. The third-order valence-corrected chi connectivity index (χ3v) is 6.63. The maximum Gasteiger partial charge on any atom is 0.410 e. The molecule has 0 N–H and O–H groups in total. The van der Waals surface area contributed by atoms with E-state index in [9.17, 15) is 9.59 Å². The molecule has 1 aromatic carbocycles. The number of ether oxygens (including phenoxy) is 2. The van der Waals surface area contributed by atoms with E-state index in [-0.39, 0.29) is 18.0 Å². The highest BCUT2D eigenvalue weighted by atomic mass is 35.5. The summed E-state index contributed by atoms with van der Waals surface area (Å²) in [5.74, 6) is -0.0857. The maximum absolute atomic E-state index is 13.4. The molecule has 2 amide bonds. The lowest BCUT2D eigenvalue weighted by Gasteiger charge is -2.41. The van der Waals surface area contributed by atoms with Gasteiger partial charge < -0.3 is 14.4 Å². The Hall–Kier alpha value is -2.38. The summed E-state index contributed by atoms with van der Waals surface area (Å²) in [6.45, 7) is 7.04. The number of carbonyl (C=O) groups excluding carboxylic acids is 2. The lowest BCUT2D eigenvalue weighted by molar-refractivity contribution is -0.0142. The minimum absolute atomic E-state index is 0.0857. The Labute approximate surface area is 200 Å². The summed E-state index contributed by atoms with van der Waals surface area (Å²) in [7, 11) is 1.59. The molecule has 178 valence electrons. The number of aryl methyl sites for hydroxylation is 1. The zero-order chi connectivity index (χ0) is 23.8. The summed E-state index contributed by atoms with van der Waals surface area (Å²) >= 11 is 6.69. The first-order valence-corrected chi connectivity index (χ1v) is 11.9. The number of methoxy groups -OCH3 is 1. The van der Waals surface area contributed by atoms with Gasteiger partial charge in [0, 0.05) is 43.4 Å². The highest BCUT2D eigenvalue weighted by Gasteiger charge is 2.35. The molecule has 4 rings (SSSR count). The summed E-state index contributed by atoms with van der Waals surface area (Å²) in [6.07, 6.45) is 3.75. The molecule has 2 aliphatic rings. The molecule has 8 heteroatoms. The molecule has 1 atom stereocenters. The van der Waals surface area contributed by atoms with Crippen LogP contribution in [0.2, 0.25) is 5.02 Å². The van der Waals surface area contributed by atoms with E-state index in [4.69, 9.17) is 26.1 Å². The van der Waals surface area contributed by atoms with E-state index in [0.717, 1.165) is 52.9 Å². The zero-order valence-electron chi connectivity index (χ0n) is 19.8. The van der Waals surface area contributed by atoms with Crippen molar-refractivity contribution in [2.75, 3.05) is 33.4 Å². The van der Waals surface area contributed by atoms with Crippen LogP contribution in [0.25, 0.3) is 10.9 Å². The van der Waals surface area contributed by atoms with Gasteiger partial charge in [-0.1, -0.05) is 17.7 Å². The van der Waals surface area contributed by atoms with Crippen LogP contribution < -0.4 is 0 Å². The van der Waals surface area contributed by atoms with Gasteiger partial charge in [-0.15, -0.1) is 0 Å². The predicted molar refractivity (Wildman–Crippen MR) is 128 cm³/mol. The van der Waals surface area contributed by atoms with E-state index >= 15 is 0 Å². The molecule has 2 heterocycles. The second kappa shape index (κ2) is 9.47. The van der Waals surface area contributed by atoms with Crippen molar-refractivity contribution in [2.24, 2.45) is 0 Å². The minimum Gasteiger partial charge on any atom is -0.444 e. The Morgan fingerprint density at radius 1 is 1.18 bits per heavy atom. The number of aromatic nitrogens is 1. The Balaban J connectivity index is 1.54. The van der Waals surface area contributed by atoms with Gasteiger partial charge >= 0.3 is 6.09 Å². The number of fused-ring (bicyclic) bond motifs is 2. The van der Waals surface area contributed by atoms with Gasteiger partial charge in [-0.25, -0.2) is 4.79 Å². The van der Waals surface area contributed by atoms with E-state index in [0.29, 0.717) is 31.8 Å². The molecule has 1 aliphatic carbocycles. The molecule has 2 aromatic rings. The number of amides is 2. The number of hydrogen-bond acceptors (Lipinski definition) is 5. The molecular formula is C25H32ClN3O4. The Bertz CT molecular complexity index is 1070. The first kappa shape index (κ1) is 23.8. The van der Waals surface area contributed by atoms with Crippen LogP contribution in [0.5, 0.6) is 0 Å². The number of benzene rings is 1. The number of hydrogen-bond donors (Lipinski definition) is 0. The number of piperazine rings is 1. The fourth-order valence-corrected chi connectivity index (χ4v) is 4.98. The largest absolute Gasteiger partial charge is 0.444 e. The van der Waals surface area contributed by atoms with Gasteiger partial charge in [0.25, 0.3) is 5.91 Å². The highest BCUT2D eigenvalue weighted by molar-refractivity contribution is 6.36. The number of halogens is 1. The molecule has 0 radical (unpaired) electrons. The first-order valence-electron chi connectivity index (χ1n) is 11.6. The fourth-order valence-electron chi connectivity index (χ4n) is 4.62. The maximum atomic E-state index is 13.4. The van der Waals surface area contributed by atoms with E-state index in [1.807, 2.05) is 39.0 Å². The third kappa shape index (κ3) is 5.09. The molecule has 0 saturated carbocycles. The third-order valence-electron chi connectivity index (χ3n) is 6.20. The van der Waals surface area contributed by atoms with Gasteiger partial charge in [-0.05, 0) is 64.2 Å². The first-order chi connectivity index (χ1) is 15.7. The number of pyridine rings is 1. The molecule has 1 fully saturated rings.